The van der Waals surface area contributed by atoms with Crippen molar-refractivity contribution < 1.29 is 4.70 Å². The fourth-order valence-electron chi connectivity index (χ4n) is 3.87. The second kappa shape index (κ2) is 6.22. The maximum Gasteiger partial charge on any atom is 0.196 e. The standard InChI is InChI=1S/C22H16N6S/c1-28-12-14(11-24-28)13-4-5-18-15(9-13)21(27-26-18)19-10-16-17(25-19)6-7-23-22(16)20-3-2-8-29-20/h2-11H,12H2,1H3,(H,23,24,25,27)/p+1. The molecule has 1 aliphatic heterocycles. The van der Waals surface area contributed by atoms with Gasteiger partial charge in [-0.15, -0.1) is 16.0 Å². The minimum absolute atomic E-state index is 0.820. The maximum absolute atomic E-state index is 4.62. The summed E-state index contributed by atoms with van der Waals surface area (Å²) in [5, 5.41) is 16.4. The fraction of sp³-hybridized carbons (Fsp3) is 0.0909. The monoisotopic (exact) mass is 397 g/mol. The highest BCUT2D eigenvalue weighted by Crippen LogP contribution is 2.35. The topological polar surface area (TPSA) is 72.7 Å². The molecule has 1 aliphatic rings. The molecule has 140 valence electrons. The van der Waals surface area contributed by atoms with Gasteiger partial charge in [-0.3, -0.25) is 10.1 Å². The summed E-state index contributed by atoms with van der Waals surface area (Å²) in [6.45, 7) is 0.820. The van der Waals surface area contributed by atoms with E-state index in [1.165, 1.54) is 11.1 Å². The predicted octanol–water partition coefficient (Wildman–Crippen LogP) is 5.28. The molecule has 2 N–H and O–H groups in total. The third-order valence-electron chi connectivity index (χ3n) is 5.30. The number of likely N-dealkylation sites (N-methyl/N-ethyl adjacent to an activating group) is 1. The predicted molar refractivity (Wildman–Crippen MR) is 116 cm³/mol. The summed E-state index contributed by atoms with van der Waals surface area (Å²) in [5.74, 6) is 0. The van der Waals surface area contributed by atoms with E-state index in [2.05, 4.69) is 67.1 Å². The van der Waals surface area contributed by atoms with Crippen molar-refractivity contribution in [1.29, 1.82) is 0 Å². The van der Waals surface area contributed by atoms with Crippen molar-refractivity contribution in [2.45, 2.75) is 0 Å². The van der Waals surface area contributed by atoms with Crippen molar-refractivity contribution >= 4 is 38.7 Å². The highest BCUT2D eigenvalue weighted by molar-refractivity contribution is 7.13. The number of pyridine rings is 1. The Balaban J connectivity index is 1.50. The Morgan fingerprint density at radius 3 is 2.79 bits per heavy atom. The van der Waals surface area contributed by atoms with E-state index in [1.807, 2.05) is 30.2 Å². The van der Waals surface area contributed by atoms with E-state index >= 15 is 0 Å². The number of fused-ring (bicyclic) bond motifs is 2. The summed E-state index contributed by atoms with van der Waals surface area (Å²) >= 11 is 1.70. The number of rotatable bonds is 3. The summed E-state index contributed by atoms with van der Waals surface area (Å²) in [6, 6.07) is 14.7. The molecular formula is C22H17N6S+. The first kappa shape index (κ1) is 16.4. The van der Waals surface area contributed by atoms with E-state index in [9.17, 15) is 0 Å². The number of hydrogen-bond acceptors (Lipinski definition) is 4. The minimum Gasteiger partial charge on any atom is -0.353 e. The van der Waals surface area contributed by atoms with Crippen LogP contribution in [0, 0.1) is 0 Å². The van der Waals surface area contributed by atoms with Gasteiger partial charge in [0.25, 0.3) is 0 Å². The van der Waals surface area contributed by atoms with Crippen LogP contribution in [0.1, 0.15) is 5.56 Å². The first-order chi connectivity index (χ1) is 14.3. The number of aromatic amines is 2. The molecule has 0 aliphatic carbocycles. The minimum atomic E-state index is 0.820. The zero-order valence-electron chi connectivity index (χ0n) is 15.7. The van der Waals surface area contributed by atoms with Crippen LogP contribution in [0.2, 0.25) is 0 Å². The molecule has 0 bridgehead atoms. The largest absolute Gasteiger partial charge is 0.353 e. The molecular weight excluding hydrogens is 380 g/mol. The smallest absolute Gasteiger partial charge is 0.196 e. The lowest BCUT2D eigenvalue weighted by Gasteiger charge is -2.00. The molecule has 5 heterocycles. The third kappa shape index (κ3) is 2.62. The van der Waals surface area contributed by atoms with Gasteiger partial charge in [0.1, 0.15) is 11.9 Å². The molecule has 0 fully saturated rings. The molecule has 0 amide bonds. The summed E-state index contributed by atoms with van der Waals surface area (Å²) in [4.78, 5) is 9.31. The van der Waals surface area contributed by atoms with Crippen molar-refractivity contribution in [2.75, 3.05) is 13.6 Å². The van der Waals surface area contributed by atoms with Crippen molar-refractivity contribution in [3.63, 3.8) is 0 Å². The molecule has 0 unspecified atom stereocenters. The van der Waals surface area contributed by atoms with E-state index < -0.39 is 0 Å². The Kier molecular flexibility index (Phi) is 3.51. The number of H-pyrrole nitrogens is 2. The molecule has 0 spiro atoms. The summed E-state index contributed by atoms with van der Waals surface area (Å²) in [5.41, 5.74) is 7.36. The highest BCUT2D eigenvalue weighted by atomic mass is 32.1. The number of nitrogens with zero attached hydrogens (tertiary/aromatic N) is 4. The molecule has 29 heavy (non-hydrogen) atoms. The molecule has 7 heteroatoms. The number of aromatic nitrogens is 4. The lowest BCUT2D eigenvalue weighted by Crippen LogP contribution is -2.00. The summed E-state index contributed by atoms with van der Waals surface area (Å²) in [6.07, 6.45) is 3.79. The maximum atomic E-state index is 4.62. The first-order valence-corrected chi connectivity index (χ1v) is 10.3. The van der Waals surface area contributed by atoms with Gasteiger partial charge in [0.15, 0.2) is 13.6 Å². The van der Waals surface area contributed by atoms with Gasteiger partial charge < -0.3 is 4.98 Å². The summed E-state index contributed by atoms with van der Waals surface area (Å²) < 4.78 is 1.94. The Hall–Kier alpha value is -3.58. The molecule has 6 rings (SSSR count). The van der Waals surface area contributed by atoms with E-state index in [0.717, 1.165) is 50.3 Å². The third-order valence-corrected chi connectivity index (χ3v) is 6.18. The van der Waals surface area contributed by atoms with Crippen molar-refractivity contribution in [3.05, 3.63) is 65.8 Å². The van der Waals surface area contributed by atoms with Crippen LogP contribution in [-0.4, -0.2) is 38.5 Å². The number of nitrogens with one attached hydrogen (secondary N) is 2. The molecule has 6 nitrogen and oxygen atoms in total. The SMILES string of the molecule is C[N+]1=NC=C(c2ccc3[nH]nc(-c4cc5c(-c6cccs6)nccc5[nH]4)c3c2)C1. The molecule has 0 saturated carbocycles. The van der Waals surface area contributed by atoms with Crippen molar-refractivity contribution in [1.82, 2.24) is 20.2 Å². The fourth-order valence-corrected chi connectivity index (χ4v) is 4.61. The van der Waals surface area contributed by atoms with E-state index in [4.69, 9.17) is 0 Å². The van der Waals surface area contributed by atoms with Crippen LogP contribution in [0.25, 0.3) is 49.3 Å². The molecule has 0 radical (unpaired) electrons. The van der Waals surface area contributed by atoms with Crippen molar-refractivity contribution in [2.24, 2.45) is 5.11 Å². The first-order valence-electron chi connectivity index (χ1n) is 9.38. The summed E-state index contributed by atoms with van der Waals surface area (Å²) in [7, 11) is 1.98. The van der Waals surface area contributed by atoms with Crippen LogP contribution in [0.3, 0.4) is 0 Å². The quantitative estimate of drug-likeness (QED) is 0.406. The van der Waals surface area contributed by atoms with E-state index in [1.54, 1.807) is 11.3 Å². The molecule has 0 saturated heterocycles. The zero-order valence-corrected chi connectivity index (χ0v) is 16.5. The zero-order chi connectivity index (χ0) is 19.4. The van der Waals surface area contributed by atoms with Crippen LogP contribution in [0.4, 0.5) is 0 Å². The van der Waals surface area contributed by atoms with Gasteiger partial charge in [0.05, 0.1) is 27.4 Å². The van der Waals surface area contributed by atoms with Crippen LogP contribution in [0.5, 0.6) is 0 Å². The van der Waals surface area contributed by atoms with E-state index in [0.29, 0.717) is 0 Å². The van der Waals surface area contributed by atoms with Gasteiger partial charge in [-0.2, -0.15) is 5.10 Å². The number of thiophene rings is 1. The number of benzene rings is 1. The number of azo groups is 2. The number of hydrogen-bond donors (Lipinski definition) is 2. The average Bonchev–Trinajstić information content (AvgIpc) is 3.51. The normalized spacial score (nSPS) is 14.0. The van der Waals surface area contributed by atoms with Crippen LogP contribution < -0.4 is 0 Å². The van der Waals surface area contributed by atoms with Gasteiger partial charge in [0, 0.05) is 22.5 Å². The molecule has 5 aromatic rings. The van der Waals surface area contributed by atoms with Crippen LogP contribution in [-0.2, 0) is 0 Å². The van der Waals surface area contributed by atoms with Gasteiger partial charge >= 0.3 is 0 Å². The van der Waals surface area contributed by atoms with Crippen LogP contribution in [0.15, 0.2) is 65.4 Å². The Bertz CT molecular complexity index is 1440. The lowest BCUT2D eigenvalue weighted by molar-refractivity contribution is -0.545. The molecule has 0 atom stereocenters. The Morgan fingerprint density at radius 2 is 1.97 bits per heavy atom. The average molecular weight is 397 g/mol. The van der Waals surface area contributed by atoms with Gasteiger partial charge in [-0.05, 0) is 46.4 Å². The van der Waals surface area contributed by atoms with Crippen molar-refractivity contribution in [3.8, 4) is 22.0 Å². The second-order valence-electron chi connectivity index (χ2n) is 7.20. The van der Waals surface area contributed by atoms with Gasteiger partial charge in [-0.1, -0.05) is 12.1 Å². The lowest BCUT2D eigenvalue weighted by atomic mass is 10.0. The van der Waals surface area contributed by atoms with Crippen LogP contribution >= 0.6 is 11.3 Å². The Morgan fingerprint density at radius 1 is 1.03 bits per heavy atom. The molecule has 1 aromatic carbocycles. The Labute approximate surface area is 170 Å². The highest BCUT2D eigenvalue weighted by Gasteiger charge is 2.18. The molecule has 4 aromatic heterocycles. The second-order valence-corrected chi connectivity index (χ2v) is 8.15. The van der Waals surface area contributed by atoms with E-state index in [-0.39, 0.29) is 0 Å². The van der Waals surface area contributed by atoms with Gasteiger partial charge in [-0.25, -0.2) is 0 Å². The van der Waals surface area contributed by atoms with Gasteiger partial charge in [0.2, 0.25) is 0 Å².